The van der Waals surface area contributed by atoms with Crippen LogP contribution in [0.1, 0.15) is 65.7 Å². The first-order valence-corrected chi connectivity index (χ1v) is 13.2. The van der Waals surface area contributed by atoms with Crippen LogP contribution >= 0.6 is 0 Å². The third kappa shape index (κ3) is 3.68. The highest BCUT2D eigenvalue weighted by atomic mass is 16.7. The highest BCUT2D eigenvalue weighted by Crippen LogP contribution is 2.72. The quantitative estimate of drug-likeness (QED) is 0.317. The molecule has 35 heavy (non-hydrogen) atoms. The van der Waals surface area contributed by atoms with Crippen LogP contribution in [0.25, 0.3) is 0 Å². The van der Waals surface area contributed by atoms with Crippen molar-refractivity contribution < 1.29 is 44.9 Å². The Balaban J connectivity index is 1.34. The lowest BCUT2D eigenvalue weighted by atomic mass is 9.40. The molecule has 0 aromatic carbocycles. The van der Waals surface area contributed by atoms with E-state index in [1.165, 1.54) is 0 Å². The SMILES string of the molecule is CC1(C)C(=O)C(O)CC2(C)C3CCC4CC3(CCC12)CC4(O)COC1OC(CO)C(O)C(O)C1O. The highest BCUT2D eigenvalue weighted by molar-refractivity contribution is 5.89. The molecule has 5 rings (SSSR count). The number of hydrogen-bond acceptors (Lipinski definition) is 9. The van der Waals surface area contributed by atoms with Crippen LogP contribution in [0, 0.1) is 34.0 Å². The van der Waals surface area contributed by atoms with Gasteiger partial charge in [0, 0.05) is 5.41 Å². The van der Waals surface area contributed by atoms with Crippen molar-refractivity contribution in [3.63, 3.8) is 0 Å². The van der Waals surface area contributed by atoms with E-state index in [0.717, 1.165) is 32.1 Å². The lowest BCUT2D eigenvalue weighted by molar-refractivity contribution is -0.310. The molecule has 2 bridgehead atoms. The van der Waals surface area contributed by atoms with Crippen LogP contribution in [0.4, 0.5) is 0 Å². The highest BCUT2D eigenvalue weighted by Gasteiger charge is 2.69. The van der Waals surface area contributed by atoms with E-state index in [9.17, 15) is 35.4 Å². The minimum atomic E-state index is -1.52. The average Bonchev–Trinajstić information content (AvgIpc) is 3.00. The topological polar surface area (TPSA) is 157 Å². The van der Waals surface area contributed by atoms with Gasteiger partial charge in [-0.3, -0.25) is 4.79 Å². The van der Waals surface area contributed by atoms with E-state index in [1.807, 2.05) is 13.8 Å². The molecular formula is C26H42O9. The Labute approximate surface area is 206 Å². The molecule has 1 saturated heterocycles. The van der Waals surface area contributed by atoms with Crippen LogP contribution < -0.4 is 0 Å². The van der Waals surface area contributed by atoms with Crippen LogP contribution in [0.5, 0.6) is 0 Å². The maximum absolute atomic E-state index is 12.8. The zero-order valence-corrected chi connectivity index (χ0v) is 21.0. The average molecular weight is 499 g/mol. The van der Waals surface area contributed by atoms with Gasteiger partial charge in [-0.2, -0.15) is 0 Å². The van der Waals surface area contributed by atoms with Gasteiger partial charge in [-0.15, -0.1) is 0 Å². The molecule has 12 atom stereocenters. The predicted molar refractivity (Wildman–Crippen MR) is 123 cm³/mol. The van der Waals surface area contributed by atoms with Gasteiger partial charge in [-0.05, 0) is 73.5 Å². The molecule has 1 heterocycles. The van der Waals surface area contributed by atoms with E-state index in [-0.39, 0.29) is 41.0 Å². The van der Waals surface area contributed by atoms with E-state index >= 15 is 0 Å². The maximum Gasteiger partial charge on any atom is 0.186 e. The van der Waals surface area contributed by atoms with Crippen molar-refractivity contribution in [2.45, 2.75) is 108 Å². The molecule has 12 unspecified atom stereocenters. The second-order valence-corrected chi connectivity index (χ2v) is 13.1. The number of ketones is 1. The second-order valence-electron chi connectivity index (χ2n) is 13.1. The molecule has 0 aromatic heterocycles. The van der Waals surface area contributed by atoms with Crippen LogP contribution in [-0.4, -0.2) is 92.0 Å². The van der Waals surface area contributed by atoms with Crippen molar-refractivity contribution in [3.05, 3.63) is 0 Å². The van der Waals surface area contributed by atoms with Crippen LogP contribution in [0.3, 0.4) is 0 Å². The fourth-order valence-corrected chi connectivity index (χ4v) is 9.40. The van der Waals surface area contributed by atoms with Gasteiger partial charge >= 0.3 is 0 Å². The Bertz CT molecular complexity index is 847. The Morgan fingerprint density at radius 3 is 2.37 bits per heavy atom. The Morgan fingerprint density at radius 2 is 1.69 bits per heavy atom. The van der Waals surface area contributed by atoms with Crippen molar-refractivity contribution in [2.24, 2.45) is 34.0 Å². The minimum Gasteiger partial charge on any atom is -0.394 e. The molecule has 200 valence electrons. The minimum absolute atomic E-state index is 0.0203. The third-order valence-corrected chi connectivity index (χ3v) is 10.9. The Morgan fingerprint density at radius 1 is 0.971 bits per heavy atom. The number of aliphatic hydroxyl groups excluding tert-OH is 5. The van der Waals surface area contributed by atoms with E-state index in [4.69, 9.17) is 9.47 Å². The molecule has 5 fully saturated rings. The molecule has 0 radical (unpaired) electrons. The summed E-state index contributed by atoms with van der Waals surface area (Å²) < 4.78 is 11.3. The first-order valence-electron chi connectivity index (χ1n) is 13.2. The van der Waals surface area contributed by atoms with Gasteiger partial charge in [0.2, 0.25) is 0 Å². The molecule has 1 aliphatic heterocycles. The zero-order chi connectivity index (χ0) is 25.6. The van der Waals surface area contributed by atoms with Gasteiger partial charge in [0.25, 0.3) is 0 Å². The first kappa shape index (κ1) is 26.0. The lowest BCUT2D eigenvalue weighted by Crippen LogP contribution is -2.61. The third-order valence-electron chi connectivity index (χ3n) is 10.9. The van der Waals surface area contributed by atoms with Crippen molar-refractivity contribution in [3.8, 4) is 0 Å². The predicted octanol–water partition coefficient (Wildman–Crippen LogP) is 0.117. The summed E-state index contributed by atoms with van der Waals surface area (Å²) in [6, 6.07) is 0. The normalized spacial score (nSPS) is 55.3. The summed E-state index contributed by atoms with van der Waals surface area (Å²) >= 11 is 0. The van der Waals surface area contributed by atoms with Crippen molar-refractivity contribution in [1.29, 1.82) is 0 Å². The Kier molecular flexibility index (Phi) is 6.26. The number of carbonyl (C=O) groups excluding carboxylic acids is 1. The van der Waals surface area contributed by atoms with Gasteiger partial charge in [0.15, 0.2) is 12.1 Å². The fraction of sp³-hybridized carbons (Fsp3) is 0.962. The van der Waals surface area contributed by atoms with Gasteiger partial charge < -0.3 is 40.1 Å². The monoisotopic (exact) mass is 498 g/mol. The number of Topliss-reactive ketones (excluding diaryl/α,β-unsaturated/α-hetero) is 1. The molecule has 5 aliphatic rings. The van der Waals surface area contributed by atoms with Crippen LogP contribution in [0.15, 0.2) is 0 Å². The van der Waals surface area contributed by atoms with E-state index < -0.39 is 54.4 Å². The zero-order valence-electron chi connectivity index (χ0n) is 21.0. The first-order chi connectivity index (χ1) is 16.3. The smallest absolute Gasteiger partial charge is 0.186 e. The van der Waals surface area contributed by atoms with E-state index in [2.05, 4.69) is 6.92 Å². The largest absolute Gasteiger partial charge is 0.394 e. The molecule has 4 saturated carbocycles. The second kappa shape index (κ2) is 8.43. The molecule has 0 aromatic rings. The summed E-state index contributed by atoms with van der Waals surface area (Å²) in [7, 11) is 0. The Hall–Kier alpha value is -0.650. The van der Waals surface area contributed by atoms with E-state index in [0.29, 0.717) is 12.8 Å². The number of ether oxygens (including phenoxy) is 2. The van der Waals surface area contributed by atoms with Gasteiger partial charge in [0.05, 0.1) is 18.8 Å². The molecule has 9 nitrogen and oxygen atoms in total. The lowest BCUT2D eigenvalue weighted by Gasteiger charge is -2.63. The summed E-state index contributed by atoms with van der Waals surface area (Å²) in [6.07, 6.45) is -2.34. The number of carbonyl (C=O) groups is 1. The maximum atomic E-state index is 12.8. The summed E-state index contributed by atoms with van der Waals surface area (Å²) in [4.78, 5) is 12.8. The number of hydrogen-bond donors (Lipinski definition) is 6. The molecule has 0 amide bonds. The number of rotatable bonds is 4. The van der Waals surface area contributed by atoms with Crippen molar-refractivity contribution in [2.75, 3.05) is 13.2 Å². The van der Waals surface area contributed by atoms with Gasteiger partial charge in [-0.25, -0.2) is 0 Å². The summed E-state index contributed by atoms with van der Waals surface area (Å²) in [5.41, 5.74) is -2.00. The fourth-order valence-electron chi connectivity index (χ4n) is 9.40. The summed E-state index contributed by atoms with van der Waals surface area (Å²) in [5.74, 6) is 0.442. The van der Waals surface area contributed by atoms with Crippen molar-refractivity contribution in [1.82, 2.24) is 0 Å². The van der Waals surface area contributed by atoms with Gasteiger partial charge in [0.1, 0.15) is 30.5 Å². The van der Waals surface area contributed by atoms with Crippen molar-refractivity contribution >= 4 is 5.78 Å². The molecular weight excluding hydrogens is 456 g/mol. The summed E-state index contributed by atoms with van der Waals surface area (Å²) in [6.45, 7) is 5.57. The number of aliphatic hydroxyl groups is 6. The van der Waals surface area contributed by atoms with Crippen LogP contribution in [0.2, 0.25) is 0 Å². The molecule has 9 heteroatoms. The van der Waals surface area contributed by atoms with E-state index in [1.54, 1.807) is 0 Å². The van der Waals surface area contributed by atoms with Crippen LogP contribution in [-0.2, 0) is 14.3 Å². The number of fused-ring (bicyclic) bond motifs is 3. The molecule has 1 spiro atoms. The summed E-state index contributed by atoms with van der Waals surface area (Å²) in [5, 5.41) is 62.4. The molecule has 4 aliphatic carbocycles. The van der Waals surface area contributed by atoms with Gasteiger partial charge in [-0.1, -0.05) is 20.8 Å². The molecule has 6 N–H and O–H groups in total. The standard InChI is InChI=1S/C26H42O9/c1-23(2)16-6-7-25-8-13(4-5-17(25)24(16,3)9-14(28)21(23)32)26(33,11-25)12-34-22-20(31)19(30)18(29)15(10-27)35-22/h13-20,22,27-31,33H,4-12H2,1-3H3.